The number of para-hydroxylation sites is 1. The van der Waals surface area contributed by atoms with E-state index in [2.05, 4.69) is 20.5 Å². The highest BCUT2D eigenvalue weighted by molar-refractivity contribution is 5.55. The Labute approximate surface area is 126 Å². The number of benzene rings is 2. The first-order chi connectivity index (χ1) is 10.9. The van der Waals surface area contributed by atoms with Crippen LogP contribution in [0.5, 0.6) is 0 Å². The van der Waals surface area contributed by atoms with Crippen molar-refractivity contribution in [3.05, 3.63) is 66.9 Å². The van der Waals surface area contributed by atoms with Crippen molar-refractivity contribution in [2.24, 2.45) is 0 Å². The van der Waals surface area contributed by atoms with Crippen molar-refractivity contribution >= 4 is 0 Å². The Hall–Kier alpha value is -3.28. The quantitative estimate of drug-likeness (QED) is 0.580. The van der Waals surface area contributed by atoms with Gasteiger partial charge < -0.3 is 4.42 Å². The molecule has 0 aliphatic rings. The first-order valence-electron chi connectivity index (χ1n) is 6.77. The zero-order valence-electron chi connectivity index (χ0n) is 11.5. The molecule has 0 saturated carbocycles. The fourth-order valence-corrected chi connectivity index (χ4v) is 2.09. The highest BCUT2D eigenvalue weighted by Crippen LogP contribution is 2.22. The molecule has 0 spiro atoms. The van der Waals surface area contributed by atoms with Gasteiger partial charge in [0.05, 0.1) is 11.9 Å². The third kappa shape index (κ3) is 2.26. The van der Waals surface area contributed by atoms with Gasteiger partial charge in [0, 0.05) is 5.56 Å². The van der Waals surface area contributed by atoms with E-state index in [1.54, 1.807) is 10.9 Å². The first kappa shape index (κ1) is 12.5. The molecule has 0 N–H and O–H groups in total. The largest absolute Gasteiger partial charge is 0.414 e. The molecule has 4 rings (SSSR count). The van der Waals surface area contributed by atoms with Crippen molar-refractivity contribution in [1.29, 1.82) is 0 Å². The molecular formula is C16H11N5O. The smallest absolute Gasteiger partial charge is 0.270 e. The Kier molecular flexibility index (Phi) is 2.97. The molecule has 0 fully saturated rings. The zero-order chi connectivity index (χ0) is 14.8. The maximum absolute atomic E-state index is 5.67. The Bertz CT molecular complexity index is 807. The molecule has 0 aliphatic heterocycles. The summed E-state index contributed by atoms with van der Waals surface area (Å²) in [5.74, 6) is 0.811. The molecule has 0 bridgehead atoms. The molecule has 0 unspecified atom stereocenters. The van der Waals surface area contributed by atoms with Gasteiger partial charge in [-0.2, -0.15) is 0 Å². The second-order valence-electron chi connectivity index (χ2n) is 4.66. The van der Waals surface area contributed by atoms with Crippen molar-refractivity contribution in [3.63, 3.8) is 0 Å². The van der Waals surface area contributed by atoms with Gasteiger partial charge >= 0.3 is 0 Å². The lowest BCUT2D eigenvalue weighted by molar-refractivity contribution is 0.582. The van der Waals surface area contributed by atoms with Crippen LogP contribution in [0, 0.1) is 0 Å². The third-order valence-electron chi connectivity index (χ3n) is 3.18. The van der Waals surface area contributed by atoms with Crippen LogP contribution in [0.4, 0.5) is 0 Å². The van der Waals surface area contributed by atoms with Crippen molar-refractivity contribution in [2.45, 2.75) is 0 Å². The lowest BCUT2D eigenvalue weighted by Gasteiger charge is -1.96. The van der Waals surface area contributed by atoms with Crippen LogP contribution in [0.25, 0.3) is 28.7 Å². The van der Waals surface area contributed by atoms with Crippen molar-refractivity contribution in [1.82, 2.24) is 25.2 Å². The molecule has 2 aromatic carbocycles. The Morgan fingerprint density at radius 2 is 1.41 bits per heavy atom. The van der Waals surface area contributed by atoms with Gasteiger partial charge in [-0.25, -0.2) is 4.68 Å². The average Bonchev–Trinajstić information content (AvgIpc) is 3.26. The van der Waals surface area contributed by atoms with E-state index < -0.39 is 0 Å². The van der Waals surface area contributed by atoms with E-state index in [4.69, 9.17) is 4.42 Å². The predicted molar refractivity (Wildman–Crippen MR) is 80.1 cm³/mol. The van der Waals surface area contributed by atoms with E-state index in [9.17, 15) is 0 Å². The molecule has 0 amide bonds. The molecule has 0 aliphatic carbocycles. The van der Waals surface area contributed by atoms with Gasteiger partial charge in [0.25, 0.3) is 5.89 Å². The number of rotatable bonds is 3. The molecule has 0 atom stereocenters. The van der Waals surface area contributed by atoms with Gasteiger partial charge in [0.2, 0.25) is 5.89 Å². The fourth-order valence-electron chi connectivity index (χ4n) is 2.09. The molecule has 106 valence electrons. The lowest BCUT2D eigenvalue weighted by Crippen LogP contribution is -1.93. The minimum absolute atomic E-state index is 0.348. The molecule has 0 saturated heterocycles. The van der Waals surface area contributed by atoms with Crippen LogP contribution in [0.1, 0.15) is 0 Å². The van der Waals surface area contributed by atoms with Crippen molar-refractivity contribution in [3.8, 4) is 28.7 Å². The Balaban J connectivity index is 1.66. The number of hydrogen-bond acceptors (Lipinski definition) is 5. The van der Waals surface area contributed by atoms with Crippen LogP contribution >= 0.6 is 0 Å². The Morgan fingerprint density at radius 3 is 2.18 bits per heavy atom. The monoisotopic (exact) mass is 289 g/mol. The van der Waals surface area contributed by atoms with Gasteiger partial charge in [0.15, 0.2) is 5.69 Å². The van der Waals surface area contributed by atoms with Gasteiger partial charge in [-0.3, -0.25) is 0 Å². The van der Waals surface area contributed by atoms with Gasteiger partial charge in [-0.1, -0.05) is 41.6 Å². The van der Waals surface area contributed by atoms with Crippen molar-refractivity contribution < 1.29 is 4.42 Å². The average molecular weight is 289 g/mol. The molecule has 4 aromatic rings. The summed E-state index contributed by atoms with van der Waals surface area (Å²) in [4.78, 5) is 0. The molecule has 6 heteroatoms. The van der Waals surface area contributed by atoms with E-state index in [0.717, 1.165) is 11.3 Å². The second kappa shape index (κ2) is 5.25. The number of hydrogen-bond donors (Lipinski definition) is 0. The highest BCUT2D eigenvalue weighted by Gasteiger charge is 2.13. The van der Waals surface area contributed by atoms with Gasteiger partial charge in [-0.15, -0.1) is 15.3 Å². The van der Waals surface area contributed by atoms with Crippen LogP contribution < -0.4 is 0 Å². The minimum Gasteiger partial charge on any atom is -0.414 e. The van der Waals surface area contributed by atoms with E-state index in [0.29, 0.717) is 17.5 Å². The maximum atomic E-state index is 5.67. The third-order valence-corrected chi connectivity index (χ3v) is 3.18. The summed E-state index contributed by atoms with van der Waals surface area (Å²) in [6.45, 7) is 0. The summed E-state index contributed by atoms with van der Waals surface area (Å²) in [5.41, 5.74) is 2.33. The van der Waals surface area contributed by atoms with Crippen LogP contribution in [-0.4, -0.2) is 25.2 Å². The zero-order valence-corrected chi connectivity index (χ0v) is 11.5. The van der Waals surface area contributed by atoms with Crippen molar-refractivity contribution in [2.75, 3.05) is 0 Å². The molecule has 2 aromatic heterocycles. The van der Waals surface area contributed by atoms with E-state index in [1.165, 1.54) is 0 Å². The van der Waals surface area contributed by atoms with E-state index in [-0.39, 0.29) is 0 Å². The summed E-state index contributed by atoms with van der Waals surface area (Å²) in [6, 6.07) is 19.3. The summed E-state index contributed by atoms with van der Waals surface area (Å²) < 4.78 is 7.34. The van der Waals surface area contributed by atoms with E-state index >= 15 is 0 Å². The fraction of sp³-hybridized carbons (Fsp3) is 0. The molecule has 6 nitrogen and oxygen atoms in total. The van der Waals surface area contributed by atoms with Crippen LogP contribution in [0.3, 0.4) is 0 Å². The summed E-state index contributed by atoms with van der Waals surface area (Å²) >= 11 is 0. The molecule has 22 heavy (non-hydrogen) atoms. The summed E-state index contributed by atoms with van der Waals surface area (Å²) in [5, 5.41) is 16.3. The van der Waals surface area contributed by atoms with Crippen LogP contribution in [0.15, 0.2) is 71.3 Å². The topological polar surface area (TPSA) is 69.6 Å². The highest BCUT2D eigenvalue weighted by atomic mass is 16.4. The SMILES string of the molecule is c1ccc(-c2nnc(-c3cn(-c4ccccc4)nn3)o2)cc1. The first-order valence-corrected chi connectivity index (χ1v) is 6.77. The summed E-state index contributed by atoms with van der Waals surface area (Å²) in [7, 11) is 0. The Morgan fingerprint density at radius 1 is 0.727 bits per heavy atom. The maximum Gasteiger partial charge on any atom is 0.270 e. The van der Waals surface area contributed by atoms with Gasteiger partial charge in [0.1, 0.15) is 0 Å². The molecular weight excluding hydrogens is 278 g/mol. The van der Waals surface area contributed by atoms with E-state index in [1.807, 2.05) is 60.7 Å². The van der Waals surface area contributed by atoms with Gasteiger partial charge in [-0.05, 0) is 24.3 Å². The number of aromatic nitrogens is 5. The van der Waals surface area contributed by atoms with Crippen LogP contribution in [-0.2, 0) is 0 Å². The summed E-state index contributed by atoms with van der Waals surface area (Å²) in [6.07, 6.45) is 1.76. The predicted octanol–water partition coefficient (Wildman–Crippen LogP) is 2.98. The normalized spacial score (nSPS) is 10.7. The number of nitrogens with zero attached hydrogens (tertiary/aromatic N) is 5. The second-order valence-corrected chi connectivity index (χ2v) is 4.66. The molecule has 0 radical (unpaired) electrons. The molecule has 2 heterocycles. The minimum atomic E-state index is 0.348. The van der Waals surface area contributed by atoms with Crippen LogP contribution in [0.2, 0.25) is 0 Å². The lowest BCUT2D eigenvalue weighted by atomic mass is 10.2. The standard InChI is InChI=1S/C16H11N5O/c1-3-7-12(8-4-1)15-18-19-16(22-15)14-11-21(20-17-14)13-9-5-2-6-10-13/h1-11H.